The van der Waals surface area contributed by atoms with E-state index in [2.05, 4.69) is 34.1 Å². The molecule has 5 nitrogen and oxygen atoms in total. The second-order valence-corrected chi connectivity index (χ2v) is 8.75. The van der Waals surface area contributed by atoms with Crippen LogP contribution in [0.4, 0.5) is 0 Å². The molecule has 0 saturated carbocycles. The van der Waals surface area contributed by atoms with Crippen LogP contribution in [0.3, 0.4) is 0 Å². The lowest BCUT2D eigenvalue weighted by atomic mass is 9.96. The minimum Gasteiger partial charge on any atom is -0.491 e. The molecule has 0 aliphatic heterocycles. The maximum absolute atomic E-state index is 12.2. The SMILES string of the molecule is CC(C)(C)C(=O)NCCc1nc2ccccc2n1CCOc1cccc2ccccc12. The van der Waals surface area contributed by atoms with E-state index < -0.39 is 5.41 Å². The summed E-state index contributed by atoms with van der Waals surface area (Å²) in [7, 11) is 0. The number of hydrogen-bond donors (Lipinski definition) is 1. The summed E-state index contributed by atoms with van der Waals surface area (Å²) < 4.78 is 8.36. The highest BCUT2D eigenvalue weighted by molar-refractivity contribution is 5.88. The molecule has 160 valence electrons. The van der Waals surface area contributed by atoms with Crippen molar-refractivity contribution in [2.75, 3.05) is 13.2 Å². The molecule has 0 bridgehead atoms. The van der Waals surface area contributed by atoms with Gasteiger partial charge in [0.2, 0.25) is 5.91 Å². The molecule has 1 aromatic heterocycles. The Morgan fingerprint density at radius 3 is 2.58 bits per heavy atom. The maximum Gasteiger partial charge on any atom is 0.225 e. The summed E-state index contributed by atoms with van der Waals surface area (Å²) in [5.74, 6) is 1.90. The van der Waals surface area contributed by atoms with E-state index in [9.17, 15) is 4.79 Å². The maximum atomic E-state index is 12.2. The molecule has 0 radical (unpaired) electrons. The summed E-state index contributed by atoms with van der Waals surface area (Å²) in [6.45, 7) is 7.54. The molecule has 1 amide bonds. The van der Waals surface area contributed by atoms with Crippen molar-refractivity contribution in [3.63, 3.8) is 0 Å². The van der Waals surface area contributed by atoms with Crippen molar-refractivity contribution in [2.24, 2.45) is 5.41 Å². The number of rotatable bonds is 7. The van der Waals surface area contributed by atoms with Gasteiger partial charge in [0.25, 0.3) is 0 Å². The molecule has 0 atom stereocenters. The molecule has 0 spiro atoms. The third kappa shape index (κ3) is 4.71. The van der Waals surface area contributed by atoms with E-state index in [0.717, 1.165) is 28.0 Å². The molecule has 3 aromatic carbocycles. The van der Waals surface area contributed by atoms with E-state index in [1.54, 1.807) is 0 Å². The summed E-state index contributed by atoms with van der Waals surface area (Å²) in [4.78, 5) is 17.0. The van der Waals surface area contributed by atoms with Crippen LogP contribution in [0.2, 0.25) is 0 Å². The van der Waals surface area contributed by atoms with Crippen LogP contribution < -0.4 is 10.1 Å². The molecule has 5 heteroatoms. The number of amides is 1. The minimum atomic E-state index is -0.396. The number of carbonyl (C=O) groups is 1. The van der Waals surface area contributed by atoms with Crippen molar-refractivity contribution < 1.29 is 9.53 Å². The third-order valence-corrected chi connectivity index (χ3v) is 5.37. The minimum absolute atomic E-state index is 0.0504. The van der Waals surface area contributed by atoms with Crippen molar-refractivity contribution in [3.05, 3.63) is 72.6 Å². The fraction of sp³-hybridized carbons (Fsp3) is 0.308. The number of nitrogens with zero attached hydrogens (tertiary/aromatic N) is 2. The lowest BCUT2D eigenvalue weighted by Crippen LogP contribution is -2.36. The molecular formula is C26H29N3O2. The van der Waals surface area contributed by atoms with E-state index in [-0.39, 0.29) is 5.91 Å². The zero-order valence-corrected chi connectivity index (χ0v) is 18.4. The quantitative estimate of drug-likeness (QED) is 0.463. The van der Waals surface area contributed by atoms with Gasteiger partial charge >= 0.3 is 0 Å². The highest BCUT2D eigenvalue weighted by atomic mass is 16.5. The molecule has 0 fully saturated rings. The summed E-state index contributed by atoms with van der Waals surface area (Å²) in [6, 6.07) is 22.5. The Morgan fingerprint density at radius 1 is 1.00 bits per heavy atom. The summed E-state index contributed by atoms with van der Waals surface area (Å²) in [5.41, 5.74) is 1.65. The second kappa shape index (κ2) is 8.80. The second-order valence-electron chi connectivity index (χ2n) is 8.75. The van der Waals surface area contributed by atoms with Gasteiger partial charge in [-0.1, -0.05) is 69.3 Å². The largest absolute Gasteiger partial charge is 0.491 e. The standard InChI is InChI=1S/C26H29N3O2/c1-26(2,3)25(30)27-16-15-24-28-21-12-6-7-13-22(21)29(24)17-18-31-23-14-8-10-19-9-4-5-11-20(19)23/h4-14H,15-18H2,1-3H3,(H,27,30). The van der Waals surface area contributed by atoms with Gasteiger partial charge in [-0.05, 0) is 23.6 Å². The predicted molar refractivity (Wildman–Crippen MR) is 125 cm³/mol. The van der Waals surface area contributed by atoms with E-state index >= 15 is 0 Å². The van der Waals surface area contributed by atoms with Gasteiger partial charge in [0.15, 0.2) is 0 Å². The summed E-state index contributed by atoms with van der Waals surface area (Å²) in [6.07, 6.45) is 0.671. The van der Waals surface area contributed by atoms with Gasteiger partial charge in [-0.15, -0.1) is 0 Å². The molecule has 1 heterocycles. The van der Waals surface area contributed by atoms with Crippen LogP contribution in [-0.4, -0.2) is 28.6 Å². The Hall–Kier alpha value is -3.34. The molecule has 0 saturated heterocycles. The van der Waals surface area contributed by atoms with Gasteiger partial charge in [-0.25, -0.2) is 4.98 Å². The van der Waals surface area contributed by atoms with Crippen LogP contribution in [0.25, 0.3) is 21.8 Å². The smallest absolute Gasteiger partial charge is 0.225 e. The van der Waals surface area contributed by atoms with Gasteiger partial charge in [-0.3, -0.25) is 4.79 Å². The van der Waals surface area contributed by atoms with Crippen molar-refractivity contribution in [3.8, 4) is 5.75 Å². The van der Waals surface area contributed by atoms with Gasteiger partial charge < -0.3 is 14.6 Å². The van der Waals surface area contributed by atoms with Crippen LogP contribution in [-0.2, 0) is 17.8 Å². The molecule has 4 aromatic rings. The number of para-hydroxylation sites is 2. The first-order valence-electron chi connectivity index (χ1n) is 10.8. The van der Waals surface area contributed by atoms with Crippen LogP contribution in [0.1, 0.15) is 26.6 Å². The topological polar surface area (TPSA) is 56.2 Å². The first kappa shape index (κ1) is 20.9. The molecule has 31 heavy (non-hydrogen) atoms. The van der Waals surface area contributed by atoms with E-state index in [1.807, 2.05) is 63.2 Å². The average molecular weight is 416 g/mol. The number of benzene rings is 3. The highest BCUT2D eigenvalue weighted by Crippen LogP contribution is 2.25. The molecule has 0 unspecified atom stereocenters. The molecular weight excluding hydrogens is 386 g/mol. The number of carbonyl (C=O) groups excluding carboxylic acids is 1. The Morgan fingerprint density at radius 2 is 1.74 bits per heavy atom. The highest BCUT2D eigenvalue weighted by Gasteiger charge is 2.20. The first-order valence-corrected chi connectivity index (χ1v) is 10.8. The van der Waals surface area contributed by atoms with Gasteiger partial charge in [0.1, 0.15) is 18.2 Å². The molecule has 0 aliphatic carbocycles. The molecule has 1 N–H and O–H groups in total. The Kier molecular flexibility index (Phi) is 5.94. The third-order valence-electron chi connectivity index (χ3n) is 5.37. The molecule has 4 rings (SSSR count). The van der Waals surface area contributed by atoms with Gasteiger partial charge in [0.05, 0.1) is 17.6 Å². The first-order chi connectivity index (χ1) is 14.9. The fourth-order valence-electron chi connectivity index (χ4n) is 3.69. The lowest BCUT2D eigenvalue weighted by molar-refractivity contribution is -0.128. The average Bonchev–Trinajstić information content (AvgIpc) is 3.10. The van der Waals surface area contributed by atoms with Gasteiger partial charge in [-0.2, -0.15) is 0 Å². The zero-order valence-electron chi connectivity index (χ0n) is 18.4. The fourth-order valence-corrected chi connectivity index (χ4v) is 3.69. The summed E-state index contributed by atoms with van der Waals surface area (Å²) >= 11 is 0. The van der Waals surface area contributed by atoms with Crippen LogP contribution >= 0.6 is 0 Å². The lowest BCUT2D eigenvalue weighted by Gasteiger charge is -2.17. The van der Waals surface area contributed by atoms with Crippen LogP contribution in [0.5, 0.6) is 5.75 Å². The number of imidazole rings is 1. The van der Waals surface area contributed by atoms with Crippen LogP contribution in [0, 0.1) is 5.41 Å². The Bertz CT molecular complexity index is 1200. The van der Waals surface area contributed by atoms with Crippen molar-refractivity contribution in [1.29, 1.82) is 0 Å². The van der Waals surface area contributed by atoms with Crippen molar-refractivity contribution >= 4 is 27.7 Å². The molecule has 0 aliphatic rings. The van der Waals surface area contributed by atoms with Gasteiger partial charge in [0, 0.05) is 23.8 Å². The normalized spacial score (nSPS) is 11.7. The number of hydrogen-bond acceptors (Lipinski definition) is 3. The number of nitrogens with one attached hydrogen (secondary N) is 1. The summed E-state index contributed by atoms with van der Waals surface area (Å²) in [5, 5.41) is 5.31. The van der Waals surface area contributed by atoms with E-state index in [0.29, 0.717) is 26.1 Å². The number of fused-ring (bicyclic) bond motifs is 2. The van der Waals surface area contributed by atoms with Crippen LogP contribution in [0.15, 0.2) is 66.7 Å². The Balaban J connectivity index is 1.48. The number of aromatic nitrogens is 2. The van der Waals surface area contributed by atoms with Crippen molar-refractivity contribution in [2.45, 2.75) is 33.7 Å². The van der Waals surface area contributed by atoms with E-state index in [4.69, 9.17) is 9.72 Å². The van der Waals surface area contributed by atoms with E-state index in [1.165, 1.54) is 5.39 Å². The number of ether oxygens (including phenoxy) is 1. The zero-order chi connectivity index (χ0) is 21.8. The Labute approximate surface area is 183 Å². The van der Waals surface area contributed by atoms with Crippen molar-refractivity contribution in [1.82, 2.24) is 14.9 Å². The predicted octanol–water partition coefficient (Wildman–Crippen LogP) is 4.97. The monoisotopic (exact) mass is 415 g/mol.